The van der Waals surface area contributed by atoms with Crippen LogP contribution in [-0.4, -0.2) is 51.2 Å². The van der Waals surface area contributed by atoms with Gasteiger partial charge in [-0.15, -0.1) is 0 Å². The maximum atomic E-state index is 8.25. The van der Waals surface area contributed by atoms with Crippen LogP contribution in [0.4, 0.5) is 0 Å². The second-order valence-corrected chi connectivity index (χ2v) is 0.224. The Kier molecular flexibility index (Phi) is 57.4. The van der Waals surface area contributed by atoms with E-state index in [1.54, 1.807) is 0 Å². The number of hydrogen-bond donors (Lipinski definition) is 0. The minimum absolute atomic E-state index is 0. The fraction of sp³-hybridized carbons (Fsp3) is 0. The van der Waals surface area contributed by atoms with Crippen molar-refractivity contribution in [3.8, 4) is 0 Å². The van der Waals surface area contributed by atoms with Gasteiger partial charge in [0, 0.05) is 0 Å². The fourth-order valence-electron chi connectivity index (χ4n) is 0. The molecule has 7 heavy (non-hydrogen) atoms. The molecule has 32 valence electrons. The topological polar surface area (TPSA) is 94.7 Å². The Morgan fingerprint density at radius 2 is 1.14 bits per heavy atom. The van der Waals surface area contributed by atoms with Crippen LogP contribution in [0.5, 0.6) is 0 Å². The van der Waals surface area contributed by atoms with Crippen LogP contribution in [0, 0.1) is 15.3 Å². The van der Waals surface area contributed by atoms with Gasteiger partial charge in [0.25, 0.3) is 0 Å². The zero-order valence-corrected chi connectivity index (χ0v) is 6.32. The van der Waals surface area contributed by atoms with Crippen molar-refractivity contribution in [3.05, 3.63) is 15.3 Å². The molecule has 0 aliphatic heterocycles. The summed E-state index contributed by atoms with van der Waals surface area (Å²) in [5, 5.41) is 14.8. The molecule has 0 aliphatic rings. The molecule has 0 unspecified atom stereocenters. The second-order valence-electron chi connectivity index (χ2n) is 0.224. The molecule has 0 amide bonds. The molecular weight excluding hydrogens is 127 g/mol. The number of hydrogen-bond acceptors (Lipinski definition) is 3. The summed E-state index contributed by atoms with van der Waals surface area (Å²) in [5.41, 5.74) is 0. The van der Waals surface area contributed by atoms with Crippen LogP contribution in [0.3, 0.4) is 0 Å². The first kappa shape index (κ1) is 25.3. The van der Waals surface area contributed by atoms with E-state index in [1.807, 2.05) is 0 Å². The van der Waals surface area contributed by atoms with E-state index < -0.39 is 5.09 Å². The van der Waals surface area contributed by atoms with E-state index in [2.05, 4.69) is 0 Å². The molecule has 0 heterocycles. The van der Waals surface area contributed by atoms with Gasteiger partial charge in [0.15, 0.2) is 0 Å². The molecule has 0 rings (SSSR count). The van der Waals surface area contributed by atoms with E-state index in [1.165, 1.54) is 0 Å². The summed E-state index contributed by atoms with van der Waals surface area (Å²) < 4.78 is 0. The summed E-state index contributed by atoms with van der Waals surface area (Å²) in [6, 6.07) is 0. The van der Waals surface area contributed by atoms with Crippen LogP contribution < -0.4 is 0 Å². The minimum Gasteiger partial charge on any atom is -2.00 e. The average molecular weight is 127 g/mol. The predicted octanol–water partition coefficient (Wildman–Crippen LogP) is -1.12. The first-order valence-corrected chi connectivity index (χ1v) is 0.548. The SMILES string of the molecule is O=[N+]([O-])[O-].[Mg+2].[Mg+2].[O-2]. The molecule has 0 bridgehead atoms. The van der Waals surface area contributed by atoms with Crippen molar-refractivity contribution < 1.29 is 10.6 Å². The van der Waals surface area contributed by atoms with Crippen LogP contribution in [-0.2, 0) is 5.48 Å². The van der Waals surface area contributed by atoms with Gasteiger partial charge in [-0.1, -0.05) is 0 Å². The smallest absolute Gasteiger partial charge is 2.00 e. The van der Waals surface area contributed by atoms with Crippen molar-refractivity contribution in [1.29, 1.82) is 0 Å². The van der Waals surface area contributed by atoms with Crippen LogP contribution in [0.25, 0.3) is 0 Å². The normalized spacial score (nSPS) is 3.43. The van der Waals surface area contributed by atoms with E-state index in [4.69, 9.17) is 15.3 Å². The molecule has 0 aliphatic carbocycles. The van der Waals surface area contributed by atoms with Crippen LogP contribution >= 0.6 is 0 Å². The van der Waals surface area contributed by atoms with Crippen molar-refractivity contribution in [1.82, 2.24) is 0 Å². The Hall–Kier alpha value is 0.692. The first-order chi connectivity index (χ1) is 1.73. The van der Waals surface area contributed by atoms with Crippen molar-refractivity contribution in [3.63, 3.8) is 0 Å². The van der Waals surface area contributed by atoms with E-state index >= 15 is 0 Å². The Labute approximate surface area is 71.8 Å². The summed E-state index contributed by atoms with van der Waals surface area (Å²) >= 11 is 0. The zero-order valence-electron chi connectivity index (χ0n) is 3.49. The van der Waals surface area contributed by atoms with Crippen molar-refractivity contribution >= 4 is 46.1 Å². The first-order valence-electron chi connectivity index (χ1n) is 0.548. The van der Waals surface area contributed by atoms with Crippen molar-refractivity contribution in [2.45, 2.75) is 0 Å². The molecule has 7 heteroatoms. The van der Waals surface area contributed by atoms with E-state index in [0.29, 0.717) is 0 Å². The fourth-order valence-corrected chi connectivity index (χ4v) is 0. The molecule has 0 fully saturated rings. The van der Waals surface area contributed by atoms with Crippen LogP contribution in [0.1, 0.15) is 0 Å². The van der Waals surface area contributed by atoms with Gasteiger partial charge in [-0.05, 0) is 0 Å². The Morgan fingerprint density at radius 1 is 1.14 bits per heavy atom. The summed E-state index contributed by atoms with van der Waals surface area (Å²) in [7, 11) is 0. The minimum atomic E-state index is -1.75. The van der Waals surface area contributed by atoms with E-state index in [0.717, 1.165) is 0 Å². The van der Waals surface area contributed by atoms with E-state index in [9.17, 15) is 0 Å². The molecule has 0 saturated heterocycles. The third-order valence-electron chi connectivity index (χ3n) is 0. The molecule has 0 spiro atoms. The third kappa shape index (κ3) is 307. The summed E-state index contributed by atoms with van der Waals surface area (Å²) in [5.74, 6) is 0. The van der Waals surface area contributed by atoms with Crippen LogP contribution in [0.2, 0.25) is 0 Å². The number of nitrogens with zero attached hydrogens (tertiary/aromatic N) is 1. The Bertz CT molecular complexity index is 32.7. The molecule has 0 aromatic carbocycles. The maximum absolute atomic E-state index is 8.25. The average Bonchev–Trinajstić information content (AvgIpc) is 0.811. The standard InChI is InChI=1S/2Mg.NO3.O/c;;2-1(3)4;/q2*+2;-1;-2. The van der Waals surface area contributed by atoms with Crippen LogP contribution in [0.15, 0.2) is 0 Å². The van der Waals surface area contributed by atoms with Gasteiger partial charge in [-0.3, -0.25) is 0 Å². The Morgan fingerprint density at radius 3 is 1.14 bits per heavy atom. The molecule has 0 aromatic rings. The zero-order chi connectivity index (χ0) is 3.58. The molecule has 0 radical (unpaired) electrons. The second kappa shape index (κ2) is 15.9. The van der Waals surface area contributed by atoms with Gasteiger partial charge in [0.05, 0.1) is 5.09 Å². The van der Waals surface area contributed by atoms with Crippen molar-refractivity contribution in [2.24, 2.45) is 0 Å². The van der Waals surface area contributed by atoms with Gasteiger partial charge < -0.3 is 20.8 Å². The van der Waals surface area contributed by atoms with Gasteiger partial charge >= 0.3 is 46.1 Å². The van der Waals surface area contributed by atoms with Gasteiger partial charge in [0.1, 0.15) is 0 Å². The van der Waals surface area contributed by atoms with Gasteiger partial charge in [-0.2, -0.15) is 0 Å². The quantitative estimate of drug-likeness (QED) is 0.234. The van der Waals surface area contributed by atoms with E-state index in [-0.39, 0.29) is 51.6 Å². The third-order valence-corrected chi connectivity index (χ3v) is 0. The maximum Gasteiger partial charge on any atom is 2.00 e. The predicted molar refractivity (Wildman–Crippen MR) is 22.6 cm³/mol. The Balaban J connectivity index is -0.0000000150. The molecule has 5 nitrogen and oxygen atoms in total. The van der Waals surface area contributed by atoms with Gasteiger partial charge in [0.2, 0.25) is 0 Å². The molecule has 0 atom stereocenters. The molecule has 0 N–H and O–H groups in total. The largest absolute Gasteiger partial charge is 2.00 e. The number of rotatable bonds is 0. The summed E-state index contributed by atoms with van der Waals surface area (Å²) in [4.78, 5) is 8.25. The molecule has 0 saturated carbocycles. The molecular formula is Mg2NO4+. The summed E-state index contributed by atoms with van der Waals surface area (Å²) in [6.07, 6.45) is 0. The van der Waals surface area contributed by atoms with Crippen molar-refractivity contribution in [2.75, 3.05) is 0 Å². The molecule has 0 aromatic heterocycles. The van der Waals surface area contributed by atoms with Gasteiger partial charge in [-0.25, -0.2) is 0 Å². The summed E-state index contributed by atoms with van der Waals surface area (Å²) in [6.45, 7) is 0. The monoisotopic (exact) mass is 126 g/mol.